The molecule has 0 spiro atoms. The molecule has 1 amide bonds. The molecule has 0 saturated heterocycles. The number of benzene rings is 3. The molecule has 0 radical (unpaired) electrons. The number of non-ortho nitro benzene ring substituents is 1. The van der Waals surface area contributed by atoms with Crippen molar-refractivity contribution in [2.24, 2.45) is 5.10 Å². The van der Waals surface area contributed by atoms with Crippen molar-refractivity contribution < 1.29 is 23.6 Å². The topological polar surface area (TPSA) is 116 Å². The Labute approximate surface area is 215 Å². The molecule has 4 rings (SSSR count). The Bertz CT molecular complexity index is 1430. The van der Waals surface area contributed by atoms with E-state index in [1.54, 1.807) is 48.5 Å². The van der Waals surface area contributed by atoms with Gasteiger partial charge in [0.15, 0.2) is 11.5 Å². The summed E-state index contributed by atoms with van der Waals surface area (Å²) < 4.78 is 16.7. The molecule has 0 aliphatic rings. The fraction of sp³-hybridized carbons (Fsp3) is 0.120. The summed E-state index contributed by atoms with van der Waals surface area (Å²) in [7, 11) is 0. The molecular formula is C25H19Cl2N3O6. The summed E-state index contributed by atoms with van der Waals surface area (Å²) in [5.41, 5.74) is 4.18. The van der Waals surface area contributed by atoms with Gasteiger partial charge in [0.25, 0.3) is 5.69 Å². The van der Waals surface area contributed by atoms with E-state index in [1.165, 1.54) is 18.3 Å². The zero-order chi connectivity index (χ0) is 25.7. The van der Waals surface area contributed by atoms with Crippen LogP contribution in [0.5, 0.6) is 11.5 Å². The number of carbonyl (C=O) groups excluding carboxylic acids is 1. The fourth-order valence-electron chi connectivity index (χ4n) is 3.27. The van der Waals surface area contributed by atoms with E-state index in [-0.39, 0.29) is 33.8 Å². The van der Waals surface area contributed by atoms with Gasteiger partial charge in [0, 0.05) is 17.5 Å². The number of hydrazone groups is 1. The molecule has 1 N–H and O–H groups in total. The van der Waals surface area contributed by atoms with Crippen molar-refractivity contribution in [2.45, 2.75) is 13.5 Å². The number of nitrogens with zero attached hydrogens (tertiary/aromatic N) is 2. The largest absolute Gasteiger partial charge is 0.494 e. The maximum Gasteiger partial charge on any atom is 0.307 e. The van der Waals surface area contributed by atoms with Crippen molar-refractivity contribution in [1.29, 1.82) is 0 Å². The minimum absolute atomic E-state index is 0.0124. The van der Waals surface area contributed by atoms with Crippen LogP contribution in [0.3, 0.4) is 0 Å². The first-order valence-electron chi connectivity index (χ1n) is 10.7. The maximum atomic E-state index is 12.4. The standard InChI is InChI=1S/C25H19Cl2N3O6/c1-2-34-19-7-8-22-17(11-19)12-23(36-22)25(31)29-28-13-16-9-20(26)24(21(27)10-16)35-14-15-3-5-18(6-4-15)30(32)33/h3-13H,2,14H2,1H3,(H,29,31)/b28-13+. The Kier molecular flexibility index (Phi) is 7.72. The number of halogens is 2. The highest BCUT2D eigenvalue weighted by Gasteiger charge is 2.13. The summed E-state index contributed by atoms with van der Waals surface area (Å²) in [4.78, 5) is 22.7. The Morgan fingerprint density at radius 1 is 1.08 bits per heavy atom. The summed E-state index contributed by atoms with van der Waals surface area (Å²) >= 11 is 12.6. The number of amides is 1. The summed E-state index contributed by atoms with van der Waals surface area (Å²) in [5.74, 6) is 0.513. The Hall–Kier alpha value is -4.08. The molecular weight excluding hydrogens is 509 g/mol. The molecule has 1 aromatic heterocycles. The van der Waals surface area contributed by atoms with Gasteiger partial charge >= 0.3 is 5.91 Å². The van der Waals surface area contributed by atoms with Gasteiger partial charge in [-0.25, -0.2) is 5.43 Å². The van der Waals surface area contributed by atoms with E-state index < -0.39 is 10.8 Å². The van der Waals surface area contributed by atoms with E-state index >= 15 is 0 Å². The SMILES string of the molecule is CCOc1ccc2oc(C(=O)N/N=C/c3cc(Cl)c(OCc4ccc([N+](=O)[O-])cc4)c(Cl)c3)cc2c1. The van der Waals surface area contributed by atoms with Crippen molar-refractivity contribution in [3.63, 3.8) is 0 Å². The first kappa shape index (κ1) is 25.0. The summed E-state index contributed by atoms with van der Waals surface area (Å²) in [5, 5.41) is 15.9. The van der Waals surface area contributed by atoms with Crippen LogP contribution in [-0.2, 0) is 6.61 Å². The van der Waals surface area contributed by atoms with Gasteiger partial charge in [-0.05, 0) is 66.6 Å². The van der Waals surface area contributed by atoms with Crippen LogP contribution in [0.1, 0.15) is 28.6 Å². The molecule has 0 bridgehead atoms. The van der Waals surface area contributed by atoms with Crippen molar-refractivity contribution in [3.05, 3.63) is 97.7 Å². The molecule has 4 aromatic rings. The van der Waals surface area contributed by atoms with Crippen LogP contribution in [0.15, 0.2) is 70.2 Å². The lowest BCUT2D eigenvalue weighted by molar-refractivity contribution is -0.384. The summed E-state index contributed by atoms with van der Waals surface area (Å²) in [6.07, 6.45) is 1.38. The van der Waals surface area contributed by atoms with Gasteiger partial charge in [0.1, 0.15) is 17.9 Å². The van der Waals surface area contributed by atoms with E-state index in [2.05, 4.69) is 10.5 Å². The van der Waals surface area contributed by atoms with Crippen LogP contribution in [0.25, 0.3) is 11.0 Å². The number of nitro groups is 1. The van der Waals surface area contributed by atoms with E-state index in [4.69, 9.17) is 37.1 Å². The number of hydrogen-bond donors (Lipinski definition) is 1. The number of ether oxygens (including phenoxy) is 2. The van der Waals surface area contributed by atoms with Crippen molar-refractivity contribution >= 4 is 52.0 Å². The van der Waals surface area contributed by atoms with Crippen LogP contribution in [0.4, 0.5) is 5.69 Å². The zero-order valence-corrected chi connectivity index (χ0v) is 20.4. The molecule has 36 heavy (non-hydrogen) atoms. The Morgan fingerprint density at radius 3 is 2.47 bits per heavy atom. The minimum Gasteiger partial charge on any atom is -0.494 e. The van der Waals surface area contributed by atoms with Gasteiger partial charge in [0.2, 0.25) is 0 Å². The molecule has 0 saturated carbocycles. The molecule has 0 aliphatic heterocycles. The van der Waals surface area contributed by atoms with Crippen molar-refractivity contribution in [1.82, 2.24) is 5.43 Å². The number of nitrogens with one attached hydrogen (secondary N) is 1. The zero-order valence-electron chi connectivity index (χ0n) is 18.9. The Morgan fingerprint density at radius 2 is 1.81 bits per heavy atom. The highest BCUT2D eigenvalue weighted by molar-refractivity contribution is 6.37. The van der Waals surface area contributed by atoms with Gasteiger partial charge in [-0.15, -0.1) is 0 Å². The number of furan rings is 1. The molecule has 11 heteroatoms. The third-order valence-electron chi connectivity index (χ3n) is 4.95. The van der Waals surface area contributed by atoms with Gasteiger partial charge in [-0.1, -0.05) is 23.2 Å². The van der Waals surface area contributed by atoms with Gasteiger partial charge in [0.05, 0.1) is 27.8 Å². The second-order valence-electron chi connectivity index (χ2n) is 7.47. The lowest BCUT2D eigenvalue weighted by Gasteiger charge is -2.11. The average Bonchev–Trinajstić information content (AvgIpc) is 3.28. The van der Waals surface area contributed by atoms with E-state index in [9.17, 15) is 14.9 Å². The van der Waals surface area contributed by atoms with Crippen LogP contribution >= 0.6 is 23.2 Å². The monoisotopic (exact) mass is 527 g/mol. The third-order valence-corrected chi connectivity index (χ3v) is 5.51. The predicted octanol–water partition coefficient (Wildman–Crippen LogP) is 6.39. The molecule has 1 heterocycles. The highest BCUT2D eigenvalue weighted by atomic mass is 35.5. The number of nitro benzene ring substituents is 1. The molecule has 0 atom stereocenters. The summed E-state index contributed by atoms with van der Waals surface area (Å²) in [6, 6.07) is 16.0. The van der Waals surface area contributed by atoms with Crippen LogP contribution in [0.2, 0.25) is 10.0 Å². The molecule has 3 aromatic carbocycles. The van der Waals surface area contributed by atoms with Gasteiger partial charge in [-0.2, -0.15) is 5.10 Å². The third kappa shape index (κ3) is 5.94. The average molecular weight is 528 g/mol. The van der Waals surface area contributed by atoms with E-state index in [0.717, 1.165) is 5.39 Å². The van der Waals surface area contributed by atoms with Crippen LogP contribution in [-0.4, -0.2) is 23.7 Å². The van der Waals surface area contributed by atoms with Crippen molar-refractivity contribution in [2.75, 3.05) is 6.61 Å². The highest BCUT2D eigenvalue weighted by Crippen LogP contribution is 2.34. The number of fused-ring (bicyclic) bond motifs is 1. The van der Waals surface area contributed by atoms with Crippen LogP contribution in [0, 0.1) is 10.1 Å². The normalized spacial score (nSPS) is 11.1. The number of hydrogen-bond acceptors (Lipinski definition) is 7. The van der Waals surface area contributed by atoms with Gasteiger partial charge in [-0.3, -0.25) is 14.9 Å². The quantitative estimate of drug-likeness (QED) is 0.153. The lowest BCUT2D eigenvalue weighted by atomic mass is 10.2. The molecule has 0 aliphatic carbocycles. The molecule has 0 fully saturated rings. The number of carbonyl (C=O) groups is 1. The molecule has 9 nitrogen and oxygen atoms in total. The number of rotatable bonds is 9. The predicted molar refractivity (Wildman–Crippen MR) is 136 cm³/mol. The second kappa shape index (κ2) is 11.1. The Balaban J connectivity index is 1.38. The fourth-order valence-corrected chi connectivity index (χ4v) is 3.88. The van der Waals surface area contributed by atoms with Crippen molar-refractivity contribution in [3.8, 4) is 11.5 Å². The minimum atomic E-state index is -0.527. The lowest BCUT2D eigenvalue weighted by Crippen LogP contribution is -2.16. The van der Waals surface area contributed by atoms with Crippen LogP contribution < -0.4 is 14.9 Å². The van der Waals surface area contributed by atoms with Gasteiger partial charge < -0.3 is 13.9 Å². The first-order valence-corrected chi connectivity index (χ1v) is 11.4. The first-order chi connectivity index (χ1) is 17.3. The van der Waals surface area contributed by atoms with E-state index in [0.29, 0.717) is 29.1 Å². The maximum absolute atomic E-state index is 12.4. The summed E-state index contributed by atoms with van der Waals surface area (Å²) in [6.45, 7) is 2.54. The smallest absolute Gasteiger partial charge is 0.307 e. The van der Waals surface area contributed by atoms with E-state index in [1.807, 2.05) is 6.92 Å². The molecule has 184 valence electrons. The molecule has 0 unspecified atom stereocenters. The second-order valence-corrected chi connectivity index (χ2v) is 8.28.